The molecule has 2 nitrogen and oxygen atoms in total. The van der Waals surface area contributed by atoms with Crippen molar-refractivity contribution in [2.75, 3.05) is 6.61 Å². The van der Waals surface area contributed by atoms with Crippen molar-refractivity contribution in [2.45, 2.75) is 13.3 Å². The van der Waals surface area contributed by atoms with E-state index in [0.29, 0.717) is 0 Å². The molecule has 2 rings (SSSR count). The van der Waals surface area contributed by atoms with Crippen LogP contribution < -0.4 is 0 Å². The first-order chi connectivity index (χ1) is 7.83. The molecule has 0 fully saturated rings. The van der Waals surface area contributed by atoms with E-state index in [1.807, 2.05) is 37.3 Å². The molecule has 2 aromatic rings. The lowest BCUT2D eigenvalue weighted by molar-refractivity contribution is 0.329. The van der Waals surface area contributed by atoms with Gasteiger partial charge in [-0.05, 0) is 35.8 Å². The fourth-order valence-electron chi connectivity index (χ4n) is 1.68. The van der Waals surface area contributed by atoms with Gasteiger partial charge < -0.3 is 5.11 Å². The maximum absolute atomic E-state index is 9.12. The van der Waals surface area contributed by atoms with Crippen LogP contribution in [0, 0.1) is 0 Å². The van der Waals surface area contributed by atoms with E-state index in [4.69, 9.17) is 5.11 Å². The van der Waals surface area contributed by atoms with Crippen LogP contribution in [0.2, 0.25) is 0 Å². The van der Waals surface area contributed by atoms with Crippen molar-refractivity contribution in [3.05, 3.63) is 47.7 Å². The smallest absolute Gasteiger partial charge is 0.0702 e. The second-order valence-electron chi connectivity index (χ2n) is 3.77. The summed E-state index contributed by atoms with van der Waals surface area (Å²) in [4.78, 5) is 4.27. The van der Waals surface area contributed by atoms with Gasteiger partial charge >= 0.3 is 0 Å². The zero-order chi connectivity index (χ0) is 11.4. The lowest BCUT2D eigenvalue weighted by Crippen LogP contribution is -1.88. The number of pyridine rings is 1. The van der Waals surface area contributed by atoms with Gasteiger partial charge in [0.15, 0.2) is 0 Å². The molecule has 1 heterocycles. The molecule has 2 heteroatoms. The Balaban J connectivity index is 2.43. The van der Waals surface area contributed by atoms with Gasteiger partial charge in [-0.15, -0.1) is 0 Å². The van der Waals surface area contributed by atoms with Crippen LogP contribution in [-0.2, 0) is 0 Å². The monoisotopic (exact) mass is 213 g/mol. The van der Waals surface area contributed by atoms with Crippen molar-refractivity contribution in [1.82, 2.24) is 4.98 Å². The second-order valence-corrected chi connectivity index (χ2v) is 3.77. The van der Waals surface area contributed by atoms with E-state index in [9.17, 15) is 0 Å². The van der Waals surface area contributed by atoms with Crippen LogP contribution in [0.1, 0.15) is 18.9 Å². The van der Waals surface area contributed by atoms with Crippen LogP contribution in [0.3, 0.4) is 0 Å². The number of hydrogen-bond donors (Lipinski definition) is 1. The quantitative estimate of drug-likeness (QED) is 0.850. The van der Waals surface area contributed by atoms with E-state index in [2.05, 4.69) is 11.1 Å². The van der Waals surface area contributed by atoms with Gasteiger partial charge in [-0.1, -0.05) is 25.1 Å². The number of aliphatic hydroxyl groups is 1. The van der Waals surface area contributed by atoms with Crippen molar-refractivity contribution in [1.29, 1.82) is 0 Å². The molecular formula is C14H15NO. The fraction of sp³-hybridized carbons (Fsp3) is 0.214. The van der Waals surface area contributed by atoms with Crippen LogP contribution in [0.5, 0.6) is 0 Å². The summed E-state index contributed by atoms with van der Waals surface area (Å²) in [7, 11) is 0. The molecule has 0 aliphatic carbocycles. The normalized spacial score (nSPS) is 12.0. The number of benzene rings is 1. The molecule has 0 radical (unpaired) electrons. The molecule has 82 valence electrons. The molecule has 0 atom stereocenters. The highest BCUT2D eigenvalue weighted by molar-refractivity contribution is 5.81. The Labute approximate surface area is 95.3 Å². The number of aromatic nitrogens is 1. The molecular weight excluding hydrogens is 198 g/mol. The van der Waals surface area contributed by atoms with Crippen LogP contribution in [-0.4, -0.2) is 16.7 Å². The summed E-state index contributed by atoms with van der Waals surface area (Å²) in [6.07, 6.45) is 4.71. The Morgan fingerprint density at radius 1 is 1.38 bits per heavy atom. The van der Waals surface area contributed by atoms with Gasteiger partial charge in [0.25, 0.3) is 0 Å². The van der Waals surface area contributed by atoms with Crippen molar-refractivity contribution < 1.29 is 5.11 Å². The summed E-state index contributed by atoms with van der Waals surface area (Å²) >= 11 is 0. The standard InChI is InChI=1S/C14H15NO/c1-2-11(10-16)8-12-5-6-14-13(9-12)4-3-7-15-14/h3-9,16H,2,10H2,1H3. The summed E-state index contributed by atoms with van der Waals surface area (Å²) < 4.78 is 0. The second kappa shape index (κ2) is 4.90. The van der Waals surface area contributed by atoms with Crippen molar-refractivity contribution >= 4 is 17.0 Å². The van der Waals surface area contributed by atoms with E-state index < -0.39 is 0 Å². The lowest BCUT2D eigenvalue weighted by Gasteiger charge is -2.02. The maximum atomic E-state index is 9.12. The Bertz CT molecular complexity index is 511. The Morgan fingerprint density at radius 2 is 2.25 bits per heavy atom. The van der Waals surface area contributed by atoms with Crippen LogP contribution in [0.4, 0.5) is 0 Å². The summed E-state index contributed by atoms with van der Waals surface area (Å²) in [5.74, 6) is 0. The van der Waals surface area contributed by atoms with Gasteiger partial charge in [0.2, 0.25) is 0 Å². The van der Waals surface area contributed by atoms with Gasteiger partial charge in [0.05, 0.1) is 12.1 Å². The highest BCUT2D eigenvalue weighted by atomic mass is 16.3. The topological polar surface area (TPSA) is 33.1 Å². The lowest BCUT2D eigenvalue weighted by atomic mass is 10.1. The minimum absolute atomic E-state index is 0.127. The average Bonchev–Trinajstić information content (AvgIpc) is 2.35. The number of hydrogen-bond acceptors (Lipinski definition) is 2. The van der Waals surface area contributed by atoms with Gasteiger partial charge in [-0.25, -0.2) is 0 Å². The largest absolute Gasteiger partial charge is 0.392 e. The van der Waals surface area contributed by atoms with E-state index in [0.717, 1.165) is 28.5 Å². The van der Waals surface area contributed by atoms with E-state index in [1.165, 1.54) is 0 Å². The summed E-state index contributed by atoms with van der Waals surface area (Å²) in [5, 5.41) is 10.2. The van der Waals surface area contributed by atoms with E-state index in [1.54, 1.807) is 6.20 Å². The number of nitrogens with zero attached hydrogens (tertiary/aromatic N) is 1. The molecule has 0 unspecified atom stereocenters. The van der Waals surface area contributed by atoms with Crippen LogP contribution in [0.15, 0.2) is 42.1 Å². The third kappa shape index (κ3) is 2.28. The highest BCUT2D eigenvalue weighted by Crippen LogP contribution is 2.16. The first-order valence-corrected chi connectivity index (χ1v) is 5.48. The Hall–Kier alpha value is -1.67. The zero-order valence-corrected chi connectivity index (χ0v) is 9.35. The maximum Gasteiger partial charge on any atom is 0.0702 e. The third-order valence-electron chi connectivity index (χ3n) is 2.66. The predicted octanol–water partition coefficient (Wildman–Crippen LogP) is 3.02. The molecule has 0 spiro atoms. The number of rotatable bonds is 3. The van der Waals surface area contributed by atoms with Crippen molar-refractivity contribution in [3.8, 4) is 0 Å². The van der Waals surface area contributed by atoms with Gasteiger partial charge in [0.1, 0.15) is 0 Å². The minimum Gasteiger partial charge on any atom is -0.392 e. The van der Waals surface area contributed by atoms with E-state index in [-0.39, 0.29) is 6.61 Å². The molecule has 0 amide bonds. The summed E-state index contributed by atoms with van der Waals surface area (Å²) in [5.41, 5.74) is 3.16. The van der Waals surface area contributed by atoms with Crippen LogP contribution in [0.25, 0.3) is 17.0 Å². The summed E-state index contributed by atoms with van der Waals surface area (Å²) in [6.45, 7) is 2.17. The fourth-order valence-corrected chi connectivity index (χ4v) is 1.68. The molecule has 1 aromatic heterocycles. The minimum atomic E-state index is 0.127. The van der Waals surface area contributed by atoms with Gasteiger partial charge in [-0.3, -0.25) is 4.98 Å². The van der Waals surface area contributed by atoms with E-state index >= 15 is 0 Å². The third-order valence-corrected chi connectivity index (χ3v) is 2.66. The molecule has 16 heavy (non-hydrogen) atoms. The number of aliphatic hydroxyl groups excluding tert-OH is 1. The molecule has 1 N–H and O–H groups in total. The molecule has 0 aliphatic heterocycles. The van der Waals surface area contributed by atoms with Crippen molar-refractivity contribution in [3.63, 3.8) is 0 Å². The van der Waals surface area contributed by atoms with Crippen LogP contribution >= 0.6 is 0 Å². The van der Waals surface area contributed by atoms with Gasteiger partial charge in [-0.2, -0.15) is 0 Å². The Morgan fingerprint density at radius 3 is 3.00 bits per heavy atom. The molecule has 1 aromatic carbocycles. The van der Waals surface area contributed by atoms with Gasteiger partial charge in [0, 0.05) is 11.6 Å². The predicted molar refractivity (Wildman–Crippen MR) is 67.1 cm³/mol. The molecule has 0 saturated heterocycles. The SMILES string of the molecule is CCC(=Cc1ccc2ncccc2c1)CO. The molecule has 0 saturated carbocycles. The zero-order valence-electron chi connectivity index (χ0n) is 9.35. The Kier molecular flexibility index (Phi) is 3.32. The molecule has 0 bridgehead atoms. The first kappa shape index (κ1) is 10.8. The average molecular weight is 213 g/mol. The highest BCUT2D eigenvalue weighted by Gasteiger charge is 1.96. The first-order valence-electron chi connectivity index (χ1n) is 5.48. The van der Waals surface area contributed by atoms with Crippen molar-refractivity contribution in [2.24, 2.45) is 0 Å². The summed E-state index contributed by atoms with van der Waals surface area (Å²) in [6, 6.07) is 10.1. The number of fused-ring (bicyclic) bond motifs is 1. The molecule has 0 aliphatic rings.